The van der Waals surface area contributed by atoms with Gasteiger partial charge in [0.2, 0.25) is 0 Å². The second kappa shape index (κ2) is 3.50. The van der Waals surface area contributed by atoms with Gasteiger partial charge < -0.3 is 5.32 Å². The molecular weight excluding hydrogens is 282 g/mol. The molecule has 0 saturated heterocycles. The lowest BCUT2D eigenvalue weighted by molar-refractivity contribution is 0.270. The molecule has 54 valence electrons. The summed E-state index contributed by atoms with van der Waals surface area (Å²) in [5, 5.41) is 3.42. The van der Waals surface area contributed by atoms with Gasteiger partial charge in [-0.1, -0.05) is 0 Å². The third-order valence-electron chi connectivity index (χ3n) is 0.795. The maximum absolute atomic E-state index is 10.4. The molecule has 0 aliphatic heterocycles. The summed E-state index contributed by atoms with van der Waals surface area (Å²) >= 11 is 7.51. The molecule has 1 aromatic rings. The number of carbonyl (C=O) groups excluding carboxylic acids is 1. The van der Waals surface area contributed by atoms with E-state index in [1.165, 1.54) is 11.3 Å². The van der Waals surface area contributed by atoms with Crippen LogP contribution in [0.1, 0.15) is 0 Å². The molecule has 1 N–H and O–H groups in total. The van der Waals surface area contributed by atoms with E-state index >= 15 is 0 Å². The molecule has 0 unspecified atom stereocenters. The summed E-state index contributed by atoms with van der Waals surface area (Å²) in [6, 6.07) is 3.71. The van der Waals surface area contributed by atoms with Crippen LogP contribution >= 0.6 is 43.2 Å². The number of hydrogen-bond acceptors (Lipinski definition) is 2. The molecule has 0 atom stereocenters. The molecule has 10 heavy (non-hydrogen) atoms. The van der Waals surface area contributed by atoms with Crippen LogP contribution in [0.3, 0.4) is 0 Å². The molecule has 1 heterocycles. The van der Waals surface area contributed by atoms with Crippen molar-refractivity contribution in [3.8, 4) is 0 Å². The largest absolute Gasteiger partial charge is 0.308 e. The highest BCUT2D eigenvalue weighted by Gasteiger charge is 1.98. The number of carbonyl (C=O) groups is 1. The second-order valence-corrected chi connectivity index (χ2v) is 4.69. The van der Waals surface area contributed by atoms with Crippen molar-refractivity contribution < 1.29 is 4.79 Å². The van der Waals surface area contributed by atoms with Gasteiger partial charge in [0.15, 0.2) is 0 Å². The van der Waals surface area contributed by atoms with Crippen LogP contribution in [0.4, 0.5) is 9.80 Å². The van der Waals surface area contributed by atoms with E-state index < -0.39 is 0 Å². The quantitative estimate of drug-likeness (QED) is 0.621. The molecule has 1 aromatic heterocycles. The van der Waals surface area contributed by atoms with Crippen LogP contribution in [-0.4, -0.2) is 4.82 Å². The smallest absolute Gasteiger partial charge is 0.292 e. The lowest BCUT2D eigenvalue weighted by Gasteiger charge is -1.91. The van der Waals surface area contributed by atoms with Crippen LogP contribution in [0.25, 0.3) is 0 Å². The fourth-order valence-electron chi connectivity index (χ4n) is 0.478. The molecular formula is C5H3Br2NOS. The van der Waals surface area contributed by atoms with E-state index in [9.17, 15) is 4.79 Å². The lowest BCUT2D eigenvalue weighted by Crippen LogP contribution is -1.96. The molecule has 5 heteroatoms. The minimum atomic E-state index is -0.221. The molecule has 0 saturated carbocycles. The van der Waals surface area contributed by atoms with Gasteiger partial charge in [-0.15, -0.1) is 11.3 Å². The summed E-state index contributed by atoms with van der Waals surface area (Å²) in [6.07, 6.45) is 0. The first-order valence-electron chi connectivity index (χ1n) is 2.40. The second-order valence-electron chi connectivity index (χ2n) is 1.50. The van der Waals surface area contributed by atoms with E-state index in [2.05, 4.69) is 37.2 Å². The maximum Gasteiger partial charge on any atom is 0.292 e. The topological polar surface area (TPSA) is 29.1 Å². The van der Waals surface area contributed by atoms with Gasteiger partial charge in [0.05, 0.1) is 8.79 Å². The highest BCUT2D eigenvalue weighted by Crippen LogP contribution is 2.26. The normalized spacial score (nSPS) is 9.40. The van der Waals surface area contributed by atoms with Crippen LogP contribution < -0.4 is 5.32 Å². The molecule has 0 aliphatic carbocycles. The van der Waals surface area contributed by atoms with E-state index in [-0.39, 0.29) is 4.82 Å². The zero-order valence-electron chi connectivity index (χ0n) is 4.73. The number of amides is 1. The Hall–Kier alpha value is 0.130. The van der Waals surface area contributed by atoms with Crippen molar-refractivity contribution in [2.45, 2.75) is 0 Å². The Morgan fingerprint density at radius 1 is 1.60 bits per heavy atom. The Bertz CT molecular complexity index is 248. The minimum absolute atomic E-state index is 0.221. The van der Waals surface area contributed by atoms with Crippen LogP contribution in [0.2, 0.25) is 0 Å². The molecule has 1 amide bonds. The number of thiophene rings is 1. The Kier molecular flexibility index (Phi) is 2.88. The van der Waals surface area contributed by atoms with Gasteiger partial charge in [0.25, 0.3) is 4.82 Å². The molecule has 0 aliphatic rings. The van der Waals surface area contributed by atoms with E-state index in [1.54, 1.807) is 0 Å². The summed E-state index contributed by atoms with van der Waals surface area (Å²) in [6.45, 7) is 0. The summed E-state index contributed by atoms with van der Waals surface area (Å²) in [5.41, 5.74) is 0. The van der Waals surface area contributed by atoms with Crippen molar-refractivity contribution in [3.63, 3.8) is 0 Å². The van der Waals surface area contributed by atoms with E-state index in [1.807, 2.05) is 12.1 Å². The standard InChI is InChI=1S/C5H3Br2NOS/c6-3-1-2-4(10-3)8-5(7)9/h1-2H,(H,8,9). The third-order valence-corrected chi connectivity index (χ3v) is 2.53. The zero-order chi connectivity index (χ0) is 7.56. The maximum atomic E-state index is 10.4. The van der Waals surface area contributed by atoms with Crippen LogP contribution in [-0.2, 0) is 0 Å². The summed E-state index contributed by atoms with van der Waals surface area (Å²) in [7, 11) is 0. The third kappa shape index (κ3) is 2.40. The Morgan fingerprint density at radius 2 is 2.30 bits per heavy atom. The van der Waals surface area contributed by atoms with Crippen molar-refractivity contribution in [1.82, 2.24) is 0 Å². The highest BCUT2D eigenvalue weighted by molar-refractivity contribution is 9.18. The number of nitrogens with one attached hydrogen (secondary N) is 1. The molecule has 0 radical (unpaired) electrons. The van der Waals surface area contributed by atoms with Crippen molar-refractivity contribution in [3.05, 3.63) is 15.9 Å². The molecule has 0 bridgehead atoms. The summed E-state index contributed by atoms with van der Waals surface area (Å²) < 4.78 is 1.00. The van der Waals surface area contributed by atoms with Crippen LogP contribution in [0, 0.1) is 0 Å². The first-order valence-corrected chi connectivity index (χ1v) is 4.80. The van der Waals surface area contributed by atoms with Crippen molar-refractivity contribution in [1.29, 1.82) is 0 Å². The zero-order valence-corrected chi connectivity index (χ0v) is 8.72. The summed E-state index contributed by atoms with van der Waals surface area (Å²) in [4.78, 5) is 10.2. The average Bonchev–Trinajstić information content (AvgIpc) is 2.13. The number of halogens is 2. The van der Waals surface area contributed by atoms with E-state index in [4.69, 9.17) is 0 Å². The first-order chi connectivity index (χ1) is 4.68. The van der Waals surface area contributed by atoms with Crippen LogP contribution in [0.15, 0.2) is 15.9 Å². The number of rotatable bonds is 1. The predicted molar refractivity (Wildman–Crippen MR) is 50.0 cm³/mol. The Balaban J connectivity index is 2.67. The van der Waals surface area contributed by atoms with Gasteiger partial charge in [-0.2, -0.15) is 0 Å². The average molecular weight is 285 g/mol. The van der Waals surface area contributed by atoms with Crippen molar-refractivity contribution in [2.75, 3.05) is 5.32 Å². The van der Waals surface area contributed by atoms with E-state index in [0.717, 1.165) is 8.79 Å². The summed E-state index contributed by atoms with van der Waals surface area (Å²) in [5.74, 6) is 0. The van der Waals surface area contributed by atoms with Gasteiger partial charge in [-0.05, 0) is 28.1 Å². The monoisotopic (exact) mass is 283 g/mol. The molecule has 0 fully saturated rings. The SMILES string of the molecule is O=C(Br)Nc1ccc(Br)s1. The lowest BCUT2D eigenvalue weighted by atomic mass is 10.6. The Morgan fingerprint density at radius 3 is 2.70 bits per heavy atom. The fourth-order valence-corrected chi connectivity index (χ4v) is 2.10. The van der Waals surface area contributed by atoms with E-state index in [0.29, 0.717) is 0 Å². The van der Waals surface area contributed by atoms with Gasteiger partial charge in [0.1, 0.15) is 0 Å². The fraction of sp³-hybridized carbons (Fsp3) is 0. The van der Waals surface area contributed by atoms with Gasteiger partial charge in [-0.3, -0.25) is 4.79 Å². The minimum Gasteiger partial charge on any atom is -0.308 e. The first kappa shape index (κ1) is 8.23. The molecule has 0 spiro atoms. The van der Waals surface area contributed by atoms with Crippen molar-refractivity contribution >= 4 is 53.0 Å². The molecule has 1 rings (SSSR count). The Labute approximate surface area is 78.9 Å². The number of hydrogen-bond donors (Lipinski definition) is 1. The van der Waals surface area contributed by atoms with Gasteiger partial charge in [0, 0.05) is 15.9 Å². The highest BCUT2D eigenvalue weighted by atomic mass is 79.9. The van der Waals surface area contributed by atoms with Gasteiger partial charge in [-0.25, -0.2) is 0 Å². The molecule has 2 nitrogen and oxygen atoms in total. The predicted octanol–water partition coefficient (Wildman–Crippen LogP) is 3.44. The van der Waals surface area contributed by atoms with Crippen molar-refractivity contribution in [2.24, 2.45) is 0 Å². The number of anilines is 1. The molecule has 0 aromatic carbocycles. The van der Waals surface area contributed by atoms with Crippen LogP contribution in [0.5, 0.6) is 0 Å². The van der Waals surface area contributed by atoms with Gasteiger partial charge >= 0.3 is 0 Å².